The maximum absolute atomic E-state index is 12.5. The van der Waals surface area contributed by atoms with Crippen LogP contribution in [0.4, 0.5) is 21.9 Å². The summed E-state index contributed by atoms with van der Waals surface area (Å²) in [4.78, 5) is 17.4. The van der Waals surface area contributed by atoms with E-state index >= 15 is 0 Å². The van der Waals surface area contributed by atoms with E-state index in [0.717, 1.165) is 32.7 Å². The van der Waals surface area contributed by atoms with E-state index in [1.807, 2.05) is 12.1 Å². The molecule has 1 fully saturated rings. The fourth-order valence-corrected chi connectivity index (χ4v) is 4.20. The Labute approximate surface area is 206 Å². The Bertz CT molecular complexity index is 1090. The van der Waals surface area contributed by atoms with Crippen LogP contribution >= 0.6 is 0 Å². The van der Waals surface area contributed by atoms with E-state index < -0.39 is 0 Å². The van der Waals surface area contributed by atoms with E-state index in [1.54, 1.807) is 12.1 Å². The lowest BCUT2D eigenvalue weighted by molar-refractivity contribution is 0.250. The number of urea groups is 1. The number of hydrogen-bond acceptors (Lipinski definition) is 6. The zero-order valence-electron chi connectivity index (χ0n) is 20.4. The number of nitrogens with zero attached hydrogens (tertiary/aromatic N) is 2. The Morgan fingerprint density at radius 2 is 1.37 bits per heavy atom. The van der Waals surface area contributed by atoms with E-state index in [1.165, 1.54) is 32.6 Å². The van der Waals surface area contributed by atoms with Gasteiger partial charge in [-0.05, 0) is 29.8 Å². The molecule has 8 heteroatoms. The minimum atomic E-state index is -0.357. The molecule has 3 aromatic rings. The highest BCUT2D eigenvalue weighted by Gasteiger charge is 2.17. The summed E-state index contributed by atoms with van der Waals surface area (Å²) < 4.78 is 16.0. The van der Waals surface area contributed by atoms with Gasteiger partial charge in [0.05, 0.1) is 27.0 Å². The quantitative estimate of drug-likeness (QED) is 0.492. The van der Waals surface area contributed by atoms with E-state index in [4.69, 9.17) is 14.2 Å². The number of carbonyl (C=O) groups excluding carboxylic acids is 1. The highest BCUT2D eigenvalue weighted by Crippen LogP contribution is 2.39. The summed E-state index contributed by atoms with van der Waals surface area (Å²) >= 11 is 0. The van der Waals surface area contributed by atoms with Gasteiger partial charge < -0.3 is 29.7 Å². The number of benzene rings is 3. The molecule has 0 aromatic heterocycles. The van der Waals surface area contributed by atoms with Crippen LogP contribution in [0.3, 0.4) is 0 Å². The molecular weight excluding hydrogens is 444 g/mol. The Morgan fingerprint density at radius 3 is 1.94 bits per heavy atom. The largest absolute Gasteiger partial charge is 0.493 e. The van der Waals surface area contributed by atoms with Crippen molar-refractivity contribution in [1.82, 2.24) is 4.90 Å². The first kappa shape index (κ1) is 24.2. The van der Waals surface area contributed by atoms with Crippen LogP contribution in [0.15, 0.2) is 66.7 Å². The van der Waals surface area contributed by atoms with Gasteiger partial charge in [0.1, 0.15) is 0 Å². The second kappa shape index (κ2) is 11.5. The number of para-hydroxylation sites is 1. The van der Waals surface area contributed by atoms with Crippen LogP contribution in [-0.4, -0.2) is 58.4 Å². The molecule has 1 saturated heterocycles. The van der Waals surface area contributed by atoms with Crippen molar-refractivity contribution in [2.45, 2.75) is 6.54 Å². The van der Waals surface area contributed by atoms with Crippen LogP contribution in [0.2, 0.25) is 0 Å². The normalized spacial score (nSPS) is 13.7. The number of amides is 2. The summed E-state index contributed by atoms with van der Waals surface area (Å²) in [6, 6.07) is 21.5. The van der Waals surface area contributed by atoms with E-state index in [-0.39, 0.29) is 6.03 Å². The Kier molecular flexibility index (Phi) is 7.95. The van der Waals surface area contributed by atoms with Gasteiger partial charge in [0, 0.05) is 56.2 Å². The van der Waals surface area contributed by atoms with Crippen LogP contribution in [0, 0.1) is 0 Å². The zero-order valence-corrected chi connectivity index (χ0v) is 20.4. The van der Waals surface area contributed by atoms with Crippen LogP contribution in [-0.2, 0) is 6.54 Å². The number of rotatable bonds is 8. The van der Waals surface area contributed by atoms with E-state index in [0.29, 0.717) is 28.6 Å². The van der Waals surface area contributed by atoms with Crippen molar-refractivity contribution >= 4 is 23.1 Å². The molecule has 1 aliphatic rings. The standard InChI is InChI=1S/C27H32N4O4/c1-33-24-17-22(18-25(34-2)26(24)35-3)29-27(32)28-21-11-9-20(10-12-21)19-30-13-15-31(16-14-30)23-7-5-4-6-8-23/h4-12,17-18H,13-16,19H2,1-3H3,(H2,28,29,32). The van der Waals surface area contributed by atoms with E-state index in [9.17, 15) is 4.79 Å². The smallest absolute Gasteiger partial charge is 0.323 e. The van der Waals surface area contributed by atoms with Crippen molar-refractivity contribution in [2.24, 2.45) is 0 Å². The Hall–Kier alpha value is -3.91. The van der Waals surface area contributed by atoms with Crippen LogP contribution in [0.5, 0.6) is 17.2 Å². The molecule has 0 spiro atoms. The molecule has 0 radical (unpaired) electrons. The summed E-state index contributed by atoms with van der Waals surface area (Å²) in [5, 5.41) is 5.68. The van der Waals surface area contributed by atoms with Crippen LogP contribution in [0.25, 0.3) is 0 Å². The zero-order chi connectivity index (χ0) is 24.6. The molecule has 2 N–H and O–H groups in total. The maximum Gasteiger partial charge on any atom is 0.323 e. The summed E-state index contributed by atoms with van der Waals surface area (Å²) in [6.07, 6.45) is 0. The predicted molar refractivity (Wildman–Crippen MR) is 139 cm³/mol. The first-order valence-corrected chi connectivity index (χ1v) is 11.6. The maximum atomic E-state index is 12.5. The van der Waals surface area contributed by atoms with Crippen molar-refractivity contribution < 1.29 is 19.0 Å². The average molecular weight is 477 g/mol. The summed E-state index contributed by atoms with van der Waals surface area (Å²) in [6.45, 7) is 4.97. The summed E-state index contributed by atoms with van der Waals surface area (Å²) in [7, 11) is 4.60. The van der Waals surface area contributed by atoms with Gasteiger partial charge in [0.25, 0.3) is 0 Å². The Balaban J connectivity index is 1.29. The number of hydrogen-bond donors (Lipinski definition) is 2. The molecule has 1 heterocycles. The van der Waals surface area contributed by atoms with Gasteiger partial charge in [-0.25, -0.2) is 4.79 Å². The molecule has 2 amide bonds. The second-order valence-corrected chi connectivity index (χ2v) is 8.29. The van der Waals surface area contributed by atoms with Crippen LogP contribution < -0.4 is 29.7 Å². The second-order valence-electron chi connectivity index (χ2n) is 8.29. The van der Waals surface area contributed by atoms with Gasteiger partial charge in [-0.2, -0.15) is 0 Å². The molecular formula is C27H32N4O4. The molecule has 0 aliphatic carbocycles. The highest BCUT2D eigenvalue weighted by atomic mass is 16.5. The third-order valence-electron chi connectivity index (χ3n) is 6.03. The number of anilines is 3. The third-order valence-corrected chi connectivity index (χ3v) is 6.03. The van der Waals surface area contributed by atoms with Crippen molar-refractivity contribution in [3.05, 3.63) is 72.3 Å². The Morgan fingerprint density at radius 1 is 0.771 bits per heavy atom. The molecule has 0 atom stereocenters. The first-order valence-electron chi connectivity index (χ1n) is 11.6. The third kappa shape index (κ3) is 6.16. The van der Waals surface area contributed by atoms with Gasteiger partial charge in [0.2, 0.25) is 5.75 Å². The molecule has 3 aromatic carbocycles. The van der Waals surface area contributed by atoms with Crippen molar-refractivity contribution in [1.29, 1.82) is 0 Å². The topological polar surface area (TPSA) is 75.3 Å². The molecule has 1 aliphatic heterocycles. The molecule has 184 valence electrons. The number of nitrogens with one attached hydrogen (secondary N) is 2. The van der Waals surface area contributed by atoms with E-state index in [2.05, 4.69) is 62.9 Å². The van der Waals surface area contributed by atoms with Crippen molar-refractivity contribution in [3.63, 3.8) is 0 Å². The van der Waals surface area contributed by atoms with Gasteiger partial charge >= 0.3 is 6.03 Å². The van der Waals surface area contributed by atoms with Crippen molar-refractivity contribution in [3.8, 4) is 17.2 Å². The molecule has 0 bridgehead atoms. The van der Waals surface area contributed by atoms with Gasteiger partial charge in [-0.15, -0.1) is 0 Å². The molecule has 35 heavy (non-hydrogen) atoms. The lowest BCUT2D eigenvalue weighted by atomic mass is 10.1. The lowest BCUT2D eigenvalue weighted by Crippen LogP contribution is -2.45. The molecule has 4 rings (SSSR count). The van der Waals surface area contributed by atoms with Gasteiger partial charge in [-0.1, -0.05) is 30.3 Å². The van der Waals surface area contributed by atoms with Crippen molar-refractivity contribution in [2.75, 3.05) is 63.0 Å². The summed E-state index contributed by atoms with van der Waals surface area (Å²) in [5.74, 6) is 1.41. The minimum Gasteiger partial charge on any atom is -0.493 e. The lowest BCUT2D eigenvalue weighted by Gasteiger charge is -2.36. The molecule has 8 nitrogen and oxygen atoms in total. The number of carbonyl (C=O) groups is 1. The monoisotopic (exact) mass is 476 g/mol. The first-order chi connectivity index (χ1) is 17.1. The fourth-order valence-electron chi connectivity index (χ4n) is 4.20. The molecule has 0 unspecified atom stereocenters. The predicted octanol–water partition coefficient (Wildman–Crippen LogP) is 4.68. The summed E-state index contributed by atoms with van der Waals surface area (Å²) in [5.41, 5.74) is 3.75. The van der Waals surface area contributed by atoms with Gasteiger partial charge in [0.15, 0.2) is 11.5 Å². The number of piperazine rings is 1. The van der Waals surface area contributed by atoms with Gasteiger partial charge in [-0.3, -0.25) is 4.90 Å². The number of methoxy groups -OCH3 is 3. The minimum absolute atomic E-state index is 0.357. The fraction of sp³-hybridized carbons (Fsp3) is 0.296. The molecule has 0 saturated carbocycles. The highest BCUT2D eigenvalue weighted by molar-refractivity contribution is 6.00. The number of ether oxygens (including phenoxy) is 3. The SMILES string of the molecule is COc1cc(NC(=O)Nc2ccc(CN3CCN(c4ccccc4)CC3)cc2)cc(OC)c1OC. The average Bonchev–Trinajstić information content (AvgIpc) is 2.90. The van der Waals surface area contributed by atoms with Crippen LogP contribution in [0.1, 0.15) is 5.56 Å².